The Morgan fingerprint density at radius 3 is 2.22 bits per heavy atom. The molecule has 2 aliphatic heterocycles. The summed E-state index contributed by atoms with van der Waals surface area (Å²) in [6.07, 6.45) is 8.68. The fourth-order valence-corrected chi connectivity index (χ4v) is 4.51. The van der Waals surface area contributed by atoms with Gasteiger partial charge in [-0.05, 0) is 31.9 Å². The van der Waals surface area contributed by atoms with Crippen molar-refractivity contribution in [2.75, 3.05) is 49.1 Å². The van der Waals surface area contributed by atoms with Gasteiger partial charge in [-0.15, -0.1) is 0 Å². The van der Waals surface area contributed by atoms with E-state index in [1.165, 1.54) is 5.56 Å². The van der Waals surface area contributed by atoms with Gasteiger partial charge in [0.25, 0.3) is 0 Å². The Bertz CT molecular complexity index is 1020. The first-order valence-corrected chi connectivity index (χ1v) is 11.4. The highest BCUT2D eigenvalue weighted by molar-refractivity contribution is 5.62. The molecule has 0 spiro atoms. The predicted molar refractivity (Wildman–Crippen MR) is 123 cm³/mol. The molecule has 1 N–H and O–H groups in total. The van der Waals surface area contributed by atoms with Crippen molar-refractivity contribution in [1.29, 1.82) is 0 Å². The summed E-state index contributed by atoms with van der Waals surface area (Å²) >= 11 is 0. The highest BCUT2D eigenvalue weighted by atomic mass is 16.3. The van der Waals surface area contributed by atoms with Gasteiger partial charge in [0.2, 0.25) is 0 Å². The number of nitrogens with zero attached hydrogens (tertiary/aromatic N) is 8. The minimum atomic E-state index is -0.194. The van der Waals surface area contributed by atoms with E-state index < -0.39 is 0 Å². The normalized spacial score (nSPS) is 18.3. The lowest BCUT2D eigenvalue weighted by atomic mass is 10.1. The standard InChI is InChI=1S/C23H30N8O/c1-18-19(16-27-31(18)21-4-2-3-7-24-21)17-28-12-14-30(15-13-28)23-22(25-8-9-26-23)29-10-5-20(32)6-11-29/h2-4,7-9,16,20,32H,5-6,10-15,17H2,1H3. The monoisotopic (exact) mass is 434 g/mol. The molecule has 0 radical (unpaired) electrons. The number of rotatable bonds is 5. The predicted octanol–water partition coefficient (Wildman–Crippen LogP) is 1.65. The molecule has 168 valence electrons. The van der Waals surface area contributed by atoms with Gasteiger partial charge >= 0.3 is 0 Å². The van der Waals surface area contributed by atoms with E-state index in [2.05, 4.69) is 41.7 Å². The molecule has 0 bridgehead atoms. The summed E-state index contributed by atoms with van der Waals surface area (Å²) in [6.45, 7) is 8.38. The summed E-state index contributed by atoms with van der Waals surface area (Å²) in [7, 11) is 0. The molecule has 0 aromatic carbocycles. The van der Waals surface area contributed by atoms with Gasteiger partial charge < -0.3 is 14.9 Å². The quantitative estimate of drug-likeness (QED) is 0.649. The van der Waals surface area contributed by atoms with Gasteiger partial charge in [-0.3, -0.25) is 4.90 Å². The average molecular weight is 435 g/mol. The first-order chi connectivity index (χ1) is 15.7. The van der Waals surface area contributed by atoms with E-state index in [4.69, 9.17) is 0 Å². The minimum absolute atomic E-state index is 0.194. The Labute approximate surface area is 188 Å². The molecule has 0 atom stereocenters. The summed E-state index contributed by atoms with van der Waals surface area (Å²) in [5.41, 5.74) is 2.37. The van der Waals surface area contributed by atoms with E-state index in [0.717, 1.165) is 81.8 Å². The second-order valence-electron chi connectivity index (χ2n) is 8.54. The number of piperidine rings is 1. The second-order valence-corrected chi connectivity index (χ2v) is 8.54. The minimum Gasteiger partial charge on any atom is -0.393 e. The zero-order valence-corrected chi connectivity index (χ0v) is 18.5. The molecule has 9 nitrogen and oxygen atoms in total. The third-order valence-corrected chi connectivity index (χ3v) is 6.47. The lowest BCUT2D eigenvalue weighted by molar-refractivity contribution is 0.145. The number of hydrogen-bond donors (Lipinski definition) is 1. The number of hydrogen-bond acceptors (Lipinski definition) is 8. The third kappa shape index (κ3) is 4.31. The van der Waals surface area contributed by atoms with Gasteiger partial charge in [-0.25, -0.2) is 19.6 Å². The number of aromatic nitrogens is 5. The van der Waals surface area contributed by atoms with Crippen LogP contribution < -0.4 is 9.80 Å². The third-order valence-electron chi connectivity index (χ3n) is 6.47. The Hall–Kier alpha value is -3.04. The van der Waals surface area contributed by atoms with E-state index in [9.17, 15) is 5.11 Å². The molecule has 0 saturated carbocycles. The van der Waals surface area contributed by atoms with E-state index in [1.807, 2.05) is 29.1 Å². The zero-order valence-electron chi connectivity index (χ0n) is 18.5. The maximum absolute atomic E-state index is 9.84. The van der Waals surface area contributed by atoms with E-state index in [0.29, 0.717) is 0 Å². The van der Waals surface area contributed by atoms with Crippen LogP contribution in [0.5, 0.6) is 0 Å². The Morgan fingerprint density at radius 1 is 0.875 bits per heavy atom. The van der Waals surface area contributed by atoms with Crippen LogP contribution in [-0.4, -0.2) is 80.1 Å². The van der Waals surface area contributed by atoms with Crippen LogP contribution >= 0.6 is 0 Å². The number of anilines is 2. The number of aliphatic hydroxyl groups excluding tert-OH is 1. The van der Waals surface area contributed by atoms with Crippen LogP contribution in [0.2, 0.25) is 0 Å². The molecule has 0 aliphatic carbocycles. The summed E-state index contributed by atoms with van der Waals surface area (Å²) in [4.78, 5) is 20.8. The number of piperazine rings is 1. The van der Waals surface area contributed by atoms with E-state index in [-0.39, 0.29) is 6.10 Å². The van der Waals surface area contributed by atoms with Gasteiger partial charge in [0.15, 0.2) is 17.5 Å². The van der Waals surface area contributed by atoms with Crippen LogP contribution in [0.1, 0.15) is 24.1 Å². The van der Waals surface area contributed by atoms with Crippen LogP contribution in [0, 0.1) is 6.92 Å². The first-order valence-electron chi connectivity index (χ1n) is 11.4. The van der Waals surface area contributed by atoms with Crippen molar-refractivity contribution in [3.05, 3.63) is 54.2 Å². The fourth-order valence-electron chi connectivity index (χ4n) is 4.51. The second kappa shape index (κ2) is 9.22. The Balaban J connectivity index is 1.23. The molecule has 0 unspecified atom stereocenters. The summed E-state index contributed by atoms with van der Waals surface area (Å²) < 4.78 is 1.91. The van der Waals surface area contributed by atoms with Crippen molar-refractivity contribution >= 4 is 11.6 Å². The largest absolute Gasteiger partial charge is 0.393 e. The van der Waals surface area contributed by atoms with Crippen molar-refractivity contribution in [2.24, 2.45) is 0 Å². The van der Waals surface area contributed by atoms with Crippen LogP contribution in [-0.2, 0) is 6.54 Å². The molecule has 3 aromatic rings. The Kier molecular flexibility index (Phi) is 6.00. The number of pyridine rings is 1. The topological polar surface area (TPSA) is 86.4 Å². The van der Waals surface area contributed by atoms with Gasteiger partial charge in [0, 0.05) is 75.7 Å². The fraction of sp³-hybridized carbons (Fsp3) is 0.478. The van der Waals surface area contributed by atoms with Crippen molar-refractivity contribution in [3.63, 3.8) is 0 Å². The highest BCUT2D eigenvalue weighted by Gasteiger charge is 2.26. The van der Waals surface area contributed by atoms with Crippen molar-refractivity contribution < 1.29 is 5.11 Å². The zero-order chi connectivity index (χ0) is 21.9. The lowest BCUT2D eigenvalue weighted by Gasteiger charge is -2.38. The van der Waals surface area contributed by atoms with Crippen LogP contribution in [0.4, 0.5) is 11.6 Å². The van der Waals surface area contributed by atoms with Crippen molar-refractivity contribution in [2.45, 2.75) is 32.4 Å². The molecule has 0 amide bonds. The average Bonchev–Trinajstić information content (AvgIpc) is 3.20. The van der Waals surface area contributed by atoms with Crippen LogP contribution in [0.15, 0.2) is 43.0 Å². The van der Waals surface area contributed by atoms with Crippen molar-refractivity contribution in [3.8, 4) is 5.82 Å². The van der Waals surface area contributed by atoms with Gasteiger partial charge in [-0.1, -0.05) is 6.07 Å². The molecular formula is C23H30N8O. The van der Waals surface area contributed by atoms with E-state index in [1.54, 1.807) is 18.6 Å². The summed E-state index contributed by atoms with van der Waals surface area (Å²) in [5.74, 6) is 2.75. The summed E-state index contributed by atoms with van der Waals surface area (Å²) in [5, 5.41) is 14.4. The number of aliphatic hydroxyl groups is 1. The smallest absolute Gasteiger partial charge is 0.172 e. The highest BCUT2D eigenvalue weighted by Crippen LogP contribution is 2.28. The molecule has 2 fully saturated rings. The summed E-state index contributed by atoms with van der Waals surface area (Å²) in [6, 6.07) is 5.87. The SMILES string of the molecule is Cc1c(CN2CCN(c3nccnc3N3CCC(O)CC3)CC2)cnn1-c1ccccn1. The van der Waals surface area contributed by atoms with Crippen LogP contribution in [0.25, 0.3) is 5.82 Å². The Morgan fingerprint density at radius 2 is 1.56 bits per heavy atom. The molecule has 5 heterocycles. The van der Waals surface area contributed by atoms with Gasteiger partial charge in [-0.2, -0.15) is 5.10 Å². The van der Waals surface area contributed by atoms with Gasteiger partial charge in [0.1, 0.15) is 0 Å². The van der Waals surface area contributed by atoms with E-state index >= 15 is 0 Å². The molecular weight excluding hydrogens is 404 g/mol. The molecule has 3 aromatic heterocycles. The maximum atomic E-state index is 9.84. The lowest BCUT2D eigenvalue weighted by Crippen LogP contribution is -2.47. The molecule has 2 aliphatic rings. The first kappa shape index (κ1) is 20.8. The molecule has 2 saturated heterocycles. The maximum Gasteiger partial charge on any atom is 0.172 e. The molecule has 9 heteroatoms. The van der Waals surface area contributed by atoms with Crippen LogP contribution in [0.3, 0.4) is 0 Å². The van der Waals surface area contributed by atoms with Gasteiger partial charge in [0.05, 0.1) is 12.3 Å². The van der Waals surface area contributed by atoms with Crippen molar-refractivity contribution in [1.82, 2.24) is 29.6 Å². The molecule has 32 heavy (non-hydrogen) atoms. The molecule has 5 rings (SSSR count).